The van der Waals surface area contributed by atoms with E-state index >= 15 is 0 Å². The summed E-state index contributed by atoms with van der Waals surface area (Å²) in [6.07, 6.45) is 10.6. The van der Waals surface area contributed by atoms with E-state index in [4.69, 9.17) is 14.2 Å². The Balaban J connectivity index is 1.44. The topological polar surface area (TPSA) is 61.8 Å². The van der Waals surface area contributed by atoms with Crippen LogP contribution in [0.3, 0.4) is 0 Å². The highest BCUT2D eigenvalue weighted by Crippen LogP contribution is 2.20. The Bertz CT molecular complexity index is 1090. The molecule has 3 aromatic rings. The maximum atomic E-state index is 12.5. The summed E-state index contributed by atoms with van der Waals surface area (Å²) >= 11 is 0. The van der Waals surface area contributed by atoms with Gasteiger partial charge in [0.1, 0.15) is 17.2 Å². The van der Waals surface area contributed by atoms with E-state index in [2.05, 4.69) is 13.8 Å². The first kappa shape index (κ1) is 28.0. The predicted octanol–water partition coefficient (Wildman–Crippen LogP) is 8.21. The van der Waals surface area contributed by atoms with Gasteiger partial charge in [0.05, 0.1) is 17.7 Å². The number of aryl methyl sites for hydroxylation is 1. The van der Waals surface area contributed by atoms with Gasteiger partial charge in [0.15, 0.2) is 0 Å². The average molecular weight is 503 g/mol. The van der Waals surface area contributed by atoms with E-state index in [1.165, 1.54) is 37.7 Å². The summed E-state index contributed by atoms with van der Waals surface area (Å²) in [5.41, 5.74) is 1.93. The molecule has 3 rings (SSSR count). The van der Waals surface area contributed by atoms with Gasteiger partial charge in [-0.25, -0.2) is 9.59 Å². The van der Waals surface area contributed by atoms with Gasteiger partial charge in [0.25, 0.3) is 0 Å². The zero-order valence-corrected chi connectivity index (χ0v) is 22.0. The van der Waals surface area contributed by atoms with Gasteiger partial charge in [0.2, 0.25) is 0 Å². The minimum atomic E-state index is -0.497. The predicted molar refractivity (Wildman–Crippen MR) is 147 cm³/mol. The fourth-order valence-corrected chi connectivity index (χ4v) is 3.86. The van der Waals surface area contributed by atoms with Crippen molar-refractivity contribution < 1.29 is 23.8 Å². The molecule has 0 N–H and O–H groups in total. The first-order chi connectivity index (χ1) is 18.1. The van der Waals surface area contributed by atoms with E-state index in [1.54, 1.807) is 60.7 Å². The minimum Gasteiger partial charge on any atom is -0.494 e. The van der Waals surface area contributed by atoms with Gasteiger partial charge < -0.3 is 14.2 Å². The molecule has 3 aromatic carbocycles. The second-order valence-electron chi connectivity index (χ2n) is 9.19. The van der Waals surface area contributed by atoms with Crippen molar-refractivity contribution >= 4 is 11.9 Å². The molecule has 0 radical (unpaired) electrons. The molecule has 5 heteroatoms. The molecule has 0 spiro atoms. The Kier molecular flexibility index (Phi) is 11.7. The summed E-state index contributed by atoms with van der Waals surface area (Å²) < 4.78 is 16.7. The first-order valence-corrected chi connectivity index (χ1v) is 13.4. The molecule has 37 heavy (non-hydrogen) atoms. The molecular weight excluding hydrogens is 464 g/mol. The lowest BCUT2D eigenvalue weighted by molar-refractivity contribution is 0.0720. The van der Waals surface area contributed by atoms with Crippen LogP contribution in [0.1, 0.15) is 91.5 Å². The standard InChI is InChI=1S/C32H38O5/c1-3-5-7-8-9-10-24-35-28-20-22-30(23-21-28)37-32(34)27-16-14-26(15-17-27)31(33)36-29-18-12-25(13-19-29)11-6-4-2/h12-23H,3-11,24H2,1-2H3. The monoisotopic (exact) mass is 502 g/mol. The van der Waals surface area contributed by atoms with Gasteiger partial charge in [-0.15, -0.1) is 0 Å². The van der Waals surface area contributed by atoms with Crippen LogP contribution in [-0.4, -0.2) is 18.5 Å². The molecule has 5 nitrogen and oxygen atoms in total. The average Bonchev–Trinajstić information content (AvgIpc) is 2.93. The van der Waals surface area contributed by atoms with Crippen LogP contribution in [-0.2, 0) is 6.42 Å². The summed E-state index contributed by atoms with van der Waals surface area (Å²) in [5.74, 6) is 0.712. The number of ether oxygens (including phenoxy) is 3. The van der Waals surface area contributed by atoms with E-state index in [0.29, 0.717) is 29.2 Å². The number of esters is 2. The van der Waals surface area contributed by atoms with E-state index < -0.39 is 11.9 Å². The van der Waals surface area contributed by atoms with Gasteiger partial charge in [-0.3, -0.25) is 0 Å². The lowest BCUT2D eigenvalue weighted by Gasteiger charge is -2.09. The molecule has 0 bridgehead atoms. The minimum absolute atomic E-state index is 0.347. The summed E-state index contributed by atoms with van der Waals surface area (Å²) in [7, 11) is 0. The fourth-order valence-electron chi connectivity index (χ4n) is 3.86. The van der Waals surface area contributed by atoms with Crippen LogP contribution < -0.4 is 14.2 Å². The van der Waals surface area contributed by atoms with E-state index in [1.807, 2.05) is 12.1 Å². The van der Waals surface area contributed by atoms with E-state index in [9.17, 15) is 9.59 Å². The summed E-state index contributed by atoms with van der Waals surface area (Å²) in [4.78, 5) is 25.0. The second kappa shape index (κ2) is 15.5. The van der Waals surface area contributed by atoms with Crippen molar-refractivity contribution in [1.29, 1.82) is 0 Å². The number of hydrogen-bond donors (Lipinski definition) is 0. The van der Waals surface area contributed by atoms with Crippen molar-refractivity contribution in [2.75, 3.05) is 6.61 Å². The highest BCUT2D eigenvalue weighted by atomic mass is 16.5. The fraction of sp³-hybridized carbons (Fsp3) is 0.375. The lowest BCUT2D eigenvalue weighted by Crippen LogP contribution is -2.11. The van der Waals surface area contributed by atoms with Crippen LogP contribution in [0, 0.1) is 0 Å². The molecule has 0 amide bonds. The number of rotatable bonds is 15. The van der Waals surface area contributed by atoms with E-state index in [0.717, 1.165) is 31.4 Å². The number of carbonyl (C=O) groups is 2. The molecule has 196 valence electrons. The molecule has 0 heterocycles. The number of benzene rings is 3. The maximum absolute atomic E-state index is 12.5. The molecule has 0 aliphatic heterocycles. The Labute approximate surface area is 220 Å². The van der Waals surface area contributed by atoms with Gasteiger partial charge in [-0.2, -0.15) is 0 Å². The van der Waals surface area contributed by atoms with Crippen LogP contribution in [0.25, 0.3) is 0 Å². The lowest BCUT2D eigenvalue weighted by atomic mass is 10.1. The zero-order valence-electron chi connectivity index (χ0n) is 22.0. The van der Waals surface area contributed by atoms with Crippen molar-refractivity contribution in [1.82, 2.24) is 0 Å². The van der Waals surface area contributed by atoms with Gasteiger partial charge in [0, 0.05) is 0 Å². The highest BCUT2D eigenvalue weighted by Gasteiger charge is 2.13. The van der Waals surface area contributed by atoms with Gasteiger partial charge >= 0.3 is 11.9 Å². The number of hydrogen-bond acceptors (Lipinski definition) is 5. The van der Waals surface area contributed by atoms with Crippen LogP contribution in [0.2, 0.25) is 0 Å². The smallest absolute Gasteiger partial charge is 0.343 e. The second-order valence-corrected chi connectivity index (χ2v) is 9.19. The molecule has 0 fully saturated rings. The summed E-state index contributed by atoms with van der Waals surface area (Å²) in [6.45, 7) is 5.06. The number of carbonyl (C=O) groups excluding carboxylic acids is 2. The van der Waals surface area contributed by atoms with E-state index in [-0.39, 0.29) is 0 Å². The van der Waals surface area contributed by atoms with Crippen molar-refractivity contribution in [3.8, 4) is 17.2 Å². The van der Waals surface area contributed by atoms with Crippen LogP contribution >= 0.6 is 0 Å². The highest BCUT2D eigenvalue weighted by molar-refractivity contribution is 5.94. The molecule has 0 unspecified atom stereocenters. The third kappa shape index (κ3) is 9.76. The van der Waals surface area contributed by atoms with Crippen LogP contribution in [0.15, 0.2) is 72.8 Å². The van der Waals surface area contributed by atoms with Gasteiger partial charge in [-0.05, 0) is 85.5 Å². The Hall–Kier alpha value is -3.60. The van der Waals surface area contributed by atoms with Crippen molar-refractivity contribution in [3.05, 3.63) is 89.5 Å². The molecule has 0 saturated heterocycles. The van der Waals surface area contributed by atoms with Crippen LogP contribution in [0.4, 0.5) is 0 Å². The maximum Gasteiger partial charge on any atom is 0.343 e. The largest absolute Gasteiger partial charge is 0.494 e. The summed E-state index contributed by atoms with van der Waals surface area (Å²) in [6, 6.07) is 20.8. The third-order valence-electron chi connectivity index (χ3n) is 6.11. The number of unbranched alkanes of at least 4 members (excludes halogenated alkanes) is 6. The Morgan fingerprint density at radius 1 is 0.541 bits per heavy atom. The Morgan fingerprint density at radius 2 is 1.00 bits per heavy atom. The molecular formula is C32H38O5. The summed E-state index contributed by atoms with van der Waals surface area (Å²) in [5, 5.41) is 0. The third-order valence-corrected chi connectivity index (χ3v) is 6.11. The van der Waals surface area contributed by atoms with Crippen LogP contribution in [0.5, 0.6) is 17.2 Å². The molecule has 0 saturated carbocycles. The normalized spacial score (nSPS) is 10.6. The quantitative estimate of drug-likeness (QED) is 0.119. The SMILES string of the molecule is CCCCCCCCOc1ccc(OC(=O)c2ccc(C(=O)Oc3ccc(CCCC)cc3)cc2)cc1. The first-order valence-electron chi connectivity index (χ1n) is 13.4. The zero-order chi connectivity index (χ0) is 26.3. The van der Waals surface area contributed by atoms with Crippen molar-refractivity contribution in [2.45, 2.75) is 71.6 Å². The van der Waals surface area contributed by atoms with Gasteiger partial charge in [-0.1, -0.05) is 64.5 Å². The Morgan fingerprint density at radius 3 is 1.54 bits per heavy atom. The van der Waals surface area contributed by atoms with Crippen molar-refractivity contribution in [3.63, 3.8) is 0 Å². The molecule has 0 aromatic heterocycles. The molecule has 0 aliphatic rings. The van der Waals surface area contributed by atoms with Crippen molar-refractivity contribution in [2.24, 2.45) is 0 Å². The molecule has 0 aliphatic carbocycles. The molecule has 0 atom stereocenters.